The zero-order valence-corrected chi connectivity index (χ0v) is 11.1. The minimum absolute atomic E-state index is 0.0760. The summed E-state index contributed by atoms with van der Waals surface area (Å²) < 4.78 is 1.95. The van der Waals surface area contributed by atoms with E-state index < -0.39 is 0 Å². The van der Waals surface area contributed by atoms with Crippen LogP contribution in [0.5, 0.6) is 0 Å². The molecule has 0 aliphatic carbocycles. The summed E-state index contributed by atoms with van der Waals surface area (Å²) in [5.41, 5.74) is 0.741. The zero-order chi connectivity index (χ0) is 13.5. The fourth-order valence-electron chi connectivity index (χ4n) is 1.57. The van der Waals surface area contributed by atoms with Gasteiger partial charge >= 0.3 is 0 Å². The Morgan fingerprint density at radius 3 is 2.79 bits per heavy atom. The number of halogens is 1. The molecular formula is C13H15ClN4O. The standard InChI is InChI=1S/C13H15ClN4O/c14-11-1-3-12(4-2-11)17-13(19)9-15-5-7-18-8-6-16-10-18/h1-4,6,8,10,15H,5,7,9H2,(H,17,19). The first-order chi connectivity index (χ1) is 9.24. The zero-order valence-electron chi connectivity index (χ0n) is 10.3. The second-order valence-corrected chi connectivity index (χ2v) is 4.47. The lowest BCUT2D eigenvalue weighted by Crippen LogP contribution is -2.30. The van der Waals surface area contributed by atoms with Crippen LogP contribution < -0.4 is 10.6 Å². The van der Waals surface area contributed by atoms with E-state index in [-0.39, 0.29) is 12.5 Å². The van der Waals surface area contributed by atoms with Gasteiger partial charge in [-0.3, -0.25) is 4.79 Å². The van der Waals surface area contributed by atoms with Crippen molar-refractivity contribution in [3.05, 3.63) is 48.0 Å². The van der Waals surface area contributed by atoms with Crippen LogP contribution in [0, 0.1) is 0 Å². The van der Waals surface area contributed by atoms with Crippen molar-refractivity contribution in [1.29, 1.82) is 0 Å². The molecule has 5 nitrogen and oxygen atoms in total. The topological polar surface area (TPSA) is 59.0 Å². The van der Waals surface area contributed by atoms with E-state index in [2.05, 4.69) is 15.6 Å². The molecule has 1 amide bonds. The molecule has 19 heavy (non-hydrogen) atoms. The number of imidazole rings is 1. The lowest BCUT2D eigenvalue weighted by atomic mass is 10.3. The lowest BCUT2D eigenvalue weighted by Gasteiger charge is -2.07. The average Bonchev–Trinajstić information content (AvgIpc) is 2.91. The number of nitrogens with one attached hydrogen (secondary N) is 2. The fourth-order valence-corrected chi connectivity index (χ4v) is 1.69. The van der Waals surface area contributed by atoms with Crippen molar-refractivity contribution in [2.45, 2.75) is 6.54 Å². The third-order valence-electron chi connectivity index (χ3n) is 2.52. The fraction of sp³-hybridized carbons (Fsp3) is 0.231. The quantitative estimate of drug-likeness (QED) is 0.792. The van der Waals surface area contributed by atoms with Gasteiger partial charge in [0.1, 0.15) is 0 Å². The Labute approximate surface area is 116 Å². The van der Waals surface area contributed by atoms with Gasteiger partial charge in [0.15, 0.2) is 0 Å². The van der Waals surface area contributed by atoms with Crippen molar-refractivity contribution in [2.24, 2.45) is 0 Å². The van der Waals surface area contributed by atoms with Crippen LogP contribution in [0.2, 0.25) is 5.02 Å². The maximum absolute atomic E-state index is 11.6. The van der Waals surface area contributed by atoms with Gasteiger partial charge in [0.05, 0.1) is 12.9 Å². The number of rotatable bonds is 6. The van der Waals surface area contributed by atoms with Crippen LogP contribution in [0.15, 0.2) is 43.0 Å². The molecular weight excluding hydrogens is 264 g/mol. The maximum Gasteiger partial charge on any atom is 0.238 e. The van der Waals surface area contributed by atoms with Gasteiger partial charge < -0.3 is 15.2 Å². The number of nitrogens with zero attached hydrogens (tertiary/aromatic N) is 2. The summed E-state index contributed by atoms with van der Waals surface area (Å²) in [4.78, 5) is 15.6. The third-order valence-corrected chi connectivity index (χ3v) is 2.77. The first-order valence-electron chi connectivity index (χ1n) is 5.96. The molecule has 1 aromatic carbocycles. The summed E-state index contributed by atoms with van der Waals surface area (Å²) >= 11 is 5.77. The first-order valence-corrected chi connectivity index (χ1v) is 6.34. The molecule has 2 aromatic rings. The Bertz CT molecular complexity index is 510. The molecule has 0 fully saturated rings. The van der Waals surface area contributed by atoms with E-state index in [4.69, 9.17) is 11.6 Å². The molecule has 2 N–H and O–H groups in total. The molecule has 0 radical (unpaired) electrons. The van der Waals surface area contributed by atoms with Gasteiger partial charge in [-0.15, -0.1) is 0 Å². The van der Waals surface area contributed by atoms with Crippen molar-refractivity contribution in [3.63, 3.8) is 0 Å². The molecule has 0 atom stereocenters. The highest BCUT2D eigenvalue weighted by atomic mass is 35.5. The summed E-state index contributed by atoms with van der Waals surface area (Å²) in [6, 6.07) is 7.02. The number of benzene rings is 1. The van der Waals surface area contributed by atoms with Gasteiger partial charge in [-0.25, -0.2) is 4.98 Å². The van der Waals surface area contributed by atoms with Crippen LogP contribution in [0.1, 0.15) is 0 Å². The Kier molecular flexibility index (Phi) is 4.94. The Balaban J connectivity index is 1.65. The van der Waals surface area contributed by atoms with Crippen LogP contribution in [0.25, 0.3) is 0 Å². The van der Waals surface area contributed by atoms with Gasteiger partial charge in [-0.2, -0.15) is 0 Å². The summed E-state index contributed by atoms with van der Waals surface area (Å²) in [7, 11) is 0. The molecule has 100 valence electrons. The van der Waals surface area contributed by atoms with Crippen LogP contribution >= 0.6 is 11.6 Å². The van der Waals surface area contributed by atoms with Gasteiger partial charge in [0.2, 0.25) is 5.91 Å². The highest BCUT2D eigenvalue weighted by Gasteiger charge is 2.01. The van der Waals surface area contributed by atoms with Crippen LogP contribution in [-0.2, 0) is 11.3 Å². The van der Waals surface area contributed by atoms with E-state index in [1.807, 2.05) is 10.8 Å². The molecule has 0 aliphatic heterocycles. The summed E-state index contributed by atoms with van der Waals surface area (Å²) in [5, 5.41) is 6.50. The number of hydrogen-bond acceptors (Lipinski definition) is 3. The minimum Gasteiger partial charge on any atom is -0.336 e. The van der Waals surface area contributed by atoms with Gasteiger partial charge in [-0.1, -0.05) is 11.6 Å². The highest BCUT2D eigenvalue weighted by molar-refractivity contribution is 6.30. The smallest absolute Gasteiger partial charge is 0.238 e. The van der Waals surface area contributed by atoms with Gasteiger partial charge in [0.25, 0.3) is 0 Å². The van der Waals surface area contributed by atoms with E-state index >= 15 is 0 Å². The minimum atomic E-state index is -0.0760. The van der Waals surface area contributed by atoms with E-state index in [0.29, 0.717) is 11.6 Å². The highest BCUT2D eigenvalue weighted by Crippen LogP contribution is 2.12. The number of aromatic nitrogens is 2. The summed E-state index contributed by atoms with van der Waals surface area (Å²) in [5.74, 6) is -0.0760. The summed E-state index contributed by atoms with van der Waals surface area (Å²) in [6.45, 7) is 1.77. The Morgan fingerprint density at radius 2 is 2.11 bits per heavy atom. The number of anilines is 1. The molecule has 1 aromatic heterocycles. The van der Waals surface area contributed by atoms with Gasteiger partial charge in [-0.05, 0) is 24.3 Å². The molecule has 0 saturated carbocycles. The van der Waals surface area contributed by atoms with Crippen molar-refractivity contribution in [1.82, 2.24) is 14.9 Å². The molecule has 0 spiro atoms. The SMILES string of the molecule is O=C(CNCCn1ccnc1)Nc1ccc(Cl)cc1. The van der Waals surface area contributed by atoms with Crippen molar-refractivity contribution >= 4 is 23.2 Å². The molecule has 0 aliphatic rings. The molecule has 0 saturated heterocycles. The molecule has 0 bridgehead atoms. The molecule has 2 rings (SSSR count). The number of carbonyl (C=O) groups is 1. The second-order valence-electron chi connectivity index (χ2n) is 4.03. The van der Waals surface area contributed by atoms with Crippen LogP contribution in [-0.4, -0.2) is 28.5 Å². The molecule has 1 heterocycles. The predicted octanol–water partition coefficient (Wildman–Crippen LogP) is 1.76. The Morgan fingerprint density at radius 1 is 1.32 bits per heavy atom. The van der Waals surface area contributed by atoms with Crippen molar-refractivity contribution in [2.75, 3.05) is 18.4 Å². The maximum atomic E-state index is 11.6. The second kappa shape index (κ2) is 6.92. The first kappa shape index (κ1) is 13.6. The number of hydrogen-bond donors (Lipinski definition) is 2. The average molecular weight is 279 g/mol. The van der Waals surface area contributed by atoms with Crippen LogP contribution in [0.3, 0.4) is 0 Å². The predicted molar refractivity (Wildman–Crippen MR) is 75.2 cm³/mol. The monoisotopic (exact) mass is 278 g/mol. The lowest BCUT2D eigenvalue weighted by molar-refractivity contribution is -0.115. The van der Waals surface area contributed by atoms with E-state index in [1.54, 1.807) is 36.8 Å². The van der Waals surface area contributed by atoms with E-state index in [9.17, 15) is 4.79 Å². The molecule has 6 heteroatoms. The normalized spacial score (nSPS) is 10.4. The Hall–Kier alpha value is -1.85. The largest absolute Gasteiger partial charge is 0.336 e. The van der Waals surface area contributed by atoms with Crippen molar-refractivity contribution < 1.29 is 4.79 Å². The van der Waals surface area contributed by atoms with Gasteiger partial charge in [0, 0.05) is 36.2 Å². The molecule has 0 unspecified atom stereocenters. The number of amides is 1. The van der Waals surface area contributed by atoms with Crippen LogP contribution in [0.4, 0.5) is 5.69 Å². The van der Waals surface area contributed by atoms with Crippen molar-refractivity contribution in [3.8, 4) is 0 Å². The third kappa shape index (κ3) is 4.73. The summed E-state index contributed by atoms with van der Waals surface area (Å²) in [6.07, 6.45) is 5.36. The number of carbonyl (C=O) groups excluding carboxylic acids is 1. The van der Waals surface area contributed by atoms with E-state index in [0.717, 1.165) is 12.2 Å². The van der Waals surface area contributed by atoms with E-state index in [1.165, 1.54) is 0 Å².